The van der Waals surface area contributed by atoms with Crippen molar-refractivity contribution in [3.63, 3.8) is 0 Å². The van der Waals surface area contributed by atoms with E-state index in [1.165, 1.54) is 19.2 Å². The highest BCUT2D eigenvalue weighted by Gasteiger charge is 2.16. The van der Waals surface area contributed by atoms with Gasteiger partial charge in [-0.05, 0) is 30.7 Å². The number of nitro benzene ring substituents is 1. The SMILES string of the molecule is CNC(=O)c1cc([N+](=O)[O-])ccc1NCc1ccccc1-n1ccc(C)n1. The van der Waals surface area contributed by atoms with Crippen molar-refractivity contribution in [2.24, 2.45) is 0 Å². The van der Waals surface area contributed by atoms with E-state index in [9.17, 15) is 14.9 Å². The van der Waals surface area contributed by atoms with Gasteiger partial charge in [0.15, 0.2) is 0 Å². The van der Waals surface area contributed by atoms with Crippen LogP contribution < -0.4 is 10.6 Å². The van der Waals surface area contributed by atoms with Crippen molar-refractivity contribution in [3.8, 4) is 5.69 Å². The van der Waals surface area contributed by atoms with E-state index in [0.717, 1.165) is 16.9 Å². The molecule has 2 N–H and O–H groups in total. The second kappa shape index (κ2) is 7.69. The number of hydrogen-bond donors (Lipinski definition) is 2. The Morgan fingerprint density at radius 2 is 2.00 bits per heavy atom. The smallest absolute Gasteiger partial charge is 0.270 e. The topological polar surface area (TPSA) is 102 Å². The number of benzene rings is 2. The number of carbonyl (C=O) groups excluding carboxylic acids is 1. The normalized spacial score (nSPS) is 10.4. The van der Waals surface area contributed by atoms with E-state index in [4.69, 9.17) is 0 Å². The molecule has 1 heterocycles. The molecule has 0 saturated carbocycles. The molecular weight excluding hydrogens is 346 g/mol. The number of aryl methyl sites for hydroxylation is 1. The summed E-state index contributed by atoms with van der Waals surface area (Å²) in [6.45, 7) is 2.35. The molecule has 1 aromatic heterocycles. The van der Waals surface area contributed by atoms with Gasteiger partial charge in [-0.3, -0.25) is 14.9 Å². The van der Waals surface area contributed by atoms with Crippen LogP contribution in [0.1, 0.15) is 21.6 Å². The van der Waals surface area contributed by atoms with Gasteiger partial charge in [0.2, 0.25) is 0 Å². The molecule has 0 unspecified atom stereocenters. The zero-order chi connectivity index (χ0) is 19.4. The van der Waals surface area contributed by atoms with E-state index < -0.39 is 10.8 Å². The van der Waals surface area contributed by atoms with Gasteiger partial charge in [-0.25, -0.2) is 4.68 Å². The maximum atomic E-state index is 12.1. The minimum Gasteiger partial charge on any atom is -0.380 e. The highest BCUT2D eigenvalue weighted by atomic mass is 16.6. The maximum Gasteiger partial charge on any atom is 0.270 e. The fraction of sp³-hybridized carbons (Fsp3) is 0.158. The molecule has 0 saturated heterocycles. The number of aromatic nitrogens is 2. The number of amides is 1. The average molecular weight is 365 g/mol. The van der Waals surface area contributed by atoms with E-state index in [-0.39, 0.29) is 11.3 Å². The summed E-state index contributed by atoms with van der Waals surface area (Å²) >= 11 is 0. The third-order valence-electron chi connectivity index (χ3n) is 4.12. The lowest BCUT2D eigenvalue weighted by Crippen LogP contribution is -2.20. The van der Waals surface area contributed by atoms with Crippen LogP contribution in [-0.4, -0.2) is 27.7 Å². The first kappa shape index (κ1) is 18.1. The third-order valence-corrected chi connectivity index (χ3v) is 4.12. The van der Waals surface area contributed by atoms with Crippen molar-refractivity contribution < 1.29 is 9.72 Å². The number of hydrogen-bond acceptors (Lipinski definition) is 5. The molecule has 0 fully saturated rings. The fourth-order valence-electron chi connectivity index (χ4n) is 2.75. The van der Waals surface area contributed by atoms with Gasteiger partial charge < -0.3 is 10.6 Å². The maximum absolute atomic E-state index is 12.1. The Kier molecular flexibility index (Phi) is 5.16. The average Bonchev–Trinajstić information content (AvgIpc) is 3.12. The van der Waals surface area contributed by atoms with Crippen LogP contribution in [0, 0.1) is 17.0 Å². The summed E-state index contributed by atoms with van der Waals surface area (Å²) in [6.07, 6.45) is 1.88. The summed E-state index contributed by atoms with van der Waals surface area (Å²) in [6, 6.07) is 13.9. The molecule has 0 aliphatic rings. The Morgan fingerprint density at radius 3 is 2.67 bits per heavy atom. The van der Waals surface area contributed by atoms with Crippen molar-refractivity contribution in [1.82, 2.24) is 15.1 Å². The van der Waals surface area contributed by atoms with Crippen LogP contribution in [0.5, 0.6) is 0 Å². The molecule has 0 radical (unpaired) electrons. The van der Waals surface area contributed by atoms with E-state index >= 15 is 0 Å². The minimum absolute atomic E-state index is 0.133. The third kappa shape index (κ3) is 3.95. The number of rotatable bonds is 6. The Morgan fingerprint density at radius 1 is 1.22 bits per heavy atom. The van der Waals surface area contributed by atoms with E-state index in [1.54, 1.807) is 10.7 Å². The quantitative estimate of drug-likeness (QED) is 0.516. The monoisotopic (exact) mass is 365 g/mol. The van der Waals surface area contributed by atoms with Gasteiger partial charge in [0.05, 0.1) is 21.9 Å². The Labute approximate surface area is 156 Å². The molecule has 3 aromatic rings. The molecular formula is C19H19N5O3. The van der Waals surface area contributed by atoms with E-state index in [0.29, 0.717) is 12.2 Å². The van der Waals surface area contributed by atoms with Gasteiger partial charge >= 0.3 is 0 Å². The number of nitro groups is 1. The Hall–Kier alpha value is -3.68. The van der Waals surface area contributed by atoms with Crippen LogP contribution in [0.25, 0.3) is 5.69 Å². The second-order valence-corrected chi connectivity index (χ2v) is 5.95. The van der Waals surface area contributed by atoms with Crippen molar-refractivity contribution in [2.75, 3.05) is 12.4 Å². The second-order valence-electron chi connectivity index (χ2n) is 5.95. The van der Waals surface area contributed by atoms with Crippen LogP contribution in [0.3, 0.4) is 0 Å². The molecule has 1 amide bonds. The van der Waals surface area contributed by atoms with Gasteiger partial charge in [-0.15, -0.1) is 0 Å². The highest BCUT2D eigenvalue weighted by Crippen LogP contribution is 2.24. The van der Waals surface area contributed by atoms with Crippen molar-refractivity contribution >= 4 is 17.3 Å². The van der Waals surface area contributed by atoms with Crippen LogP contribution >= 0.6 is 0 Å². The standard InChI is InChI=1S/C19H19N5O3/c1-13-9-10-23(22-13)18-6-4-3-5-14(18)12-21-17-8-7-15(24(26)27)11-16(17)19(25)20-2/h3-11,21H,12H2,1-2H3,(H,20,25). The van der Waals surface area contributed by atoms with E-state index in [1.807, 2.05) is 43.5 Å². The molecule has 0 spiro atoms. The lowest BCUT2D eigenvalue weighted by atomic mass is 10.1. The predicted octanol–water partition coefficient (Wildman–Crippen LogP) is 3.06. The summed E-state index contributed by atoms with van der Waals surface area (Å²) in [5.41, 5.74) is 3.41. The van der Waals surface area contributed by atoms with Crippen molar-refractivity contribution in [1.29, 1.82) is 0 Å². The molecule has 0 atom stereocenters. The highest BCUT2D eigenvalue weighted by molar-refractivity contribution is 6.00. The van der Waals surface area contributed by atoms with Crippen LogP contribution in [0.15, 0.2) is 54.7 Å². The lowest BCUT2D eigenvalue weighted by Gasteiger charge is -2.14. The van der Waals surface area contributed by atoms with Gasteiger partial charge in [0.1, 0.15) is 0 Å². The van der Waals surface area contributed by atoms with Crippen molar-refractivity contribution in [2.45, 2.75) is 13.5 Å². The van der Waals surface area contributed by atoms with Gasteiger partial charge in [-0.1, -0.05) is 18.2 Å². The molecule has 2 aromatic carbocycles. The summed E-state index contributed by atoms with van der Waals surface area (Å²) < 4.78 is 1.79. The number of nitrogens with zero attached hydrogens (tertiary/aromatic N) is 3. The molecule has 138 valence electrons. The molecule has 8 nitrogen and oxygen atoms in total. The Balaban J connectivity index is 1.89. The van der Waals surface area contributed by atoms with Crippen molar-refractivity contribution in [3.05, 3.63) is 81.7 Å². The Bertz CT molecular complexity index is 997. The molecule has 0 aliphatic heterocycles. The predicted molar refractivity (Wildman–Crippen MR) is 102 cm³/mol. The molecule has 8 heteroatoms. The first-order valence-corrected chi connectivity index (χ1v) is 8.34. The van der Waals surface area contributed by atoms with Crippen LogP contribution in [-0.2, 0) is 6.54 Å². The van der Waals surface area contributed by atoms with Gasteiger partial charge in [0, 0.05) is 37.6 Å². The summed E-state index contributed by atoms with van der Waals surface area (Å²) in [5, 5.41) is 21.2. The number of non-ortho nitro benzene ring substituents is 1. The lowest BCUT2D eigenvalue weighted by molar-refractivity contribution is -0.384. The van der Waals surface area contributed by atoms with Crippen LogP contribution in [0.2, 0.25) is 0 Å². The first-order valence-electron chi connectivity index (χ1n) is 8.34. The first-order chi connectivity index (χ1) is 13.0. The summed E-state index contributed by atoms with van der Waals surface area (Å²) in [4.78, 5) is 22.6. The molecule has 3 rings (SSSR count). The summed E-state index contributed by atoms with van der Waals surface area (Å²) in [5.74, 6) is -0.391. The molecule has 0 aliphatic carbocycles. The largest absolute Gasteiger partial charge is 0.380 e. The summed E-state index contributed by atoms with van der Waals surface area (Å²) in [7, 11) is 1.49. The number of nitrogens with one attached hydrogen (secondary N) is 2. The van der Waals surface area contributed by atoms with Crippen LogP contribution in [0.4, 0.5) is 11.4 Å². The molecule has 27 heavy (non-hydrogen) atoms. The number of anilines is 1. The zero-order valence-electron chi connectivity index (χ0n) is 15.0. The zero-order valence-corrected chi connectivity index (χ0v) is 15.0. The van der Waals surface area contributed by atoms with Gasteiger partial charge in [0.25, 0.3) is 11.6 Å². The minimum atomic E-state index is -0.522. The van der Waals surface area contributed by atoms with Gasteiger partial charge in [-0.2, -0.15) is 5.10 Å². The number of para-hydroxylation sites is 1. The number of carbonyl (C=O) groups is 1. The van der Waals surface area contributed by atoms with E-state index in [2.05, 4.69) is 15.7 Å². The molecule has 0 bridgehead atoms. The fourth-order valence-corrected chi connectivity index (χ4v) is 2.75.